The van der Waals surface area contributed by atoms with Gasteiger partial charge in [0.15, 0.2) is 6.79 Å². The Hall–Kier alpha value is -2.21. The zero-order valence-electron chi connectivity index (χ0n) is 10.8. The van der Waals surface area contributed by atoms with Gasteiger partial charge in [-0.2, -0.15) is 5.10 Å². The number of hydrogen-bond acceptors (Lipinski definition) is 5. The number of fused-ring (bicyclic) bond motifs is 1. The number of ether oxygens (including phenoxy) is 3. The SMILES string of the molecule is COc1ccc2c(c1-c1cc(N)n(C)n1)COCO2. The van der Waals surface area contributed by atoms with E-state index in [2.05, 4.69) is 5.10 Å². The molecule has 2 aromatic rings. The molecule has 0 bridgehead atoms. The molecule has 0 fully saturated rings. The molecule has 2 N–H and O–H groups in total. The first-order valence-electron chi connectivity index (χ1n) is 5.91. The van der Waals surface area contributed by atoms with Crippen LogP contribution in [-0.2, 0) is 18.4 Å². The number of benzene rings is 1. The standard InChI is InChI=1S/C13H15N3O3/c1-16-12(14)5-9(15-16)13-8-6-18-7-19-10(8)3-4-11(13)17-2/h3-5H,6-7,14H2,1-2H3. The first-order valence-corrected chi connectivity index (χ1v) is 5.91. The third-order valence-electron chi connectivity index (χ3n) is 3.17. The second-order valence-electron chi connectivity index (χ2n) is 4.31. The number of rotatable bonds is 2. The highest BCUT2D eigenvalue weighted by Gasteiger charge is 2.22. The van der Waals surface area contributed by atoms with Gasteiger partial charge in [-0.3, -0.25) is 4.68 Å². The van der Waals surface area contributed by atoms with Crippen molar-refractivity contribution in [1.82, 2.24) is 9.78 Å². The maximum absolute atomic E-state index is 5.84. The summed E-state index contributed by atoms with van der Waals surface area (Å²) in [6.45, 7) is 0.738. The van der Waals surface area contributed by atoms with E-state index in [0.717, 1.165) is 28.3 Å². The molecule has 0 unspecified atom stereocenters. The summed E-state index contributed by atoms with van der Waals surface area (Å²) in [4.78, 5) is 0. The van der Waals surface area contributed by atoms with Crippen molar-refractivity contribution in [1.29, 1.82) is 0 Å². The number of hydrogen-bond donors (Lipinski definition) is 1. The second-order valence-corrected chi connectivity index (χ2v) is 4.31. The first-order chi connectivity index (χ1) is 9.20. The van der Waals surface area contributed by atoms with Crippen molar-refractivity contribution in [3.8, 4) is 22.8 Å². The van der Waals surface area contributed by atoms with Crippen LogP contribution in [0.15, 0.2) is 18.2 Å². The van der Waals surface area contributed by atoms with E-state index in [1.165, 1.54) is 0 Å². The third-order valence-corrected chi connectivity index (χ3v) is 3.17. The molecule has 0 saturated carbocycles. The van der Waals surface area contributed by atoms with Crippen molar-refractivity contribution in [2.75, 3.05) is 19.6 Å². The van der Waals surface area contributed by atoms with Crippen LogP contribution in [-0.4, -0.2) is 23.7 Å². The number of methoxy groups -OCH3 is 1. The fraction of sp³-hybridized carbons (Fsp3) is 0.308. The molecule has 1 aliphatic rings. The molecule has 0 spiro atoms. The summed E-state index contributed by atoms with van der Waals surface area (Å²) in [6, 6.07) is 5.56. The fourth-order valence-electron chi connectivity index (χ4n) is 2.19. The molecule has 6 heteroatoms. The summed E-state index contributed by atoms with van der Waals surface area (Å²) >= 11 is 0. The Kier molecular flexibility index (Phi) is 2.79. The number of aryl methyl sites for hydroxylation is 1. The minimum absolute atomic E-state index is 0.267. The summed E-state index contributed by atoms with van der Waals surface area (Å²) in [5.74, 6) is 2.12. The van der Waals surface area contributed by atoms with Gasteiger partial charge < -0.3 is 19.9 Å². The largest absolute Gasteiger partial charge is 0.496 e. The lowest BCUT2D eigenvalue weighted by molar-refractivity contribution is -0.0161. The predicted octanol–water partition coefficient (Wildman–Crippen LogP) is 1.54. The fourth-order valence-corrected chi connectivity index (χ4v) is 2.19. The van der Waals surface area contributed by atoms with Crippen molar-refractivity contribution in [2.24, 2.45) is 7.05 Å². The van der Waals surface area contributed by atoms with Gasteiger partial charge in [0.2, 0.25) is 0 Å². The van der Waals surface area contributed by atoms with E-state index in [9.17, 15) is 0 Å². The van der Waals surface area contributed by atoms with Crippen LogP contribution in [0.2, 0.25) is 0 Å². The van der Waals surface area contributed by atoms with Gasteiger partial charge in [0.05, 0.1) is 25.0 Å². The number of aromatic nitrogens is 2. The minimum Gasteiger partial charge on any atom is -0.496 e. The smallest absolute Gasteiger partial charge is 0.189 e. The van der Waals surface area contributed by atoms with Gasteiger partial charge in [-0.25, -0.2) is 0 Å². The van der Waals surface area contributed by atoms with Crippen molar-refractivity contribution in [2.45, 2.75) is 6.61 Å². The Morgan fingerprint density at radius 3 is 2.95 bits per heavy atom. The normalized spacial score (nSPS) is 13.8. The van der Waals surface area contributed by atoms with E-state index in [0.29, 0.717) is 12.4 Å². The Morgan fingerprint density at radius 2 is 2.26 bits per heavy atom. The van der Waals surface area contributed by atoms with Crippen LogP contribution in [0.4, 0.5) is 5.82 Å². The molecule has 1 aromatic carbocycles. The van der Waals surface area contributed by atoms with E-state index in [1.807, 2.05) is 18.2 Å². The van der Waals surface area contributed by atoms with Gasteiger partial charge in [0, 0.05) is 18.7 Å². The molecular weight excluding hydrogens is 246 g/mol. The van der Waals surface area contributed by atoms with Crippen molar-refractivity contribution < 1.29 is 14.2 Å². The van der Waals surface area contributed by atoms with E-state index in [4.69, 9.17) is 19.9 Å². The zero-order valence-corrected chi connectivity index (χ0v) is 10.8. The molecule has 6 nitrogen and oxygen atoms in total. The Bertz CT molecular complexity index is 602. The number of anilines is 1. The molecule has 19 heavy (non-hydrogen) atoms. The van der Waals surface area contributed by atoms with Gasteiger partial charge in [0.25, 0.3) is 0 Å². The van der Waals surface area contributed by atoms with Crippen LogP contribution in [0.1, 0.15) is 5.56 Å². The Labute approximate surface area is 110 Å². The quantitative estimate of drug-likeness (QED) is 0.888. The average Bonchev–Trinajstić information content (AvgIpc) is 2.77. The van der Waals surface area contributed by atoms with Crippen LogP contribution in [0.5, 0.6) is 11.5 Å². The zero-order chi connectivity index (χ0) is 13.4. The van der Waals surface area contributed by atoms with Crippen molar-refractivity contribution in [3.05, 3.63) is 23.8 Å². The molecule has 0 aliphatic carbocycles. The van der Waals surface area contributed by atoms with Gasteiger partial charge in [-0.05, 0) is 12.1 Å². The Balaban J connectivity index is 2.22. The van der Waals surface area contributed by atoms with E-state index in [-0.39, 0.29) is 6.79 Å². The van der Waals surface area contributed by atoms with Crippen molar-refractivity contribution in [3.63, 3.8) is 0 Å². The molecule has 0 amide bonds. The van der Waals surface area contributed by atoms with Crippen LogP contribution >= 0.6 is 0 Å². The molecule has 0 radical (unpaired) electrons. The lowest BCUT2D eigenvalue weighted by Gasteiger charge is -2.21. The van der Waals surface area contributed by atoms with Crippen LogP contribution in [0, 0.1) is 0 Å². The maximum Gasteiger partial charge on any atom is 0.189 e. The van der Waals surface area contributed by atoms with E-state index in [1.54, 1.807) is 18.8 Å². The van der Waals surface area contributed by atoms with Gasteiger partial charge >= 0.3 is 0 Å². The molecular formula is C13H15N3O3. The van der Waals surface area contributed by atoms with Crippen molar-refractivity contribution >= 4 is 5.82 Å². The first kappa shape index (κ1) is 11.9. The molecule has 3 rings (SSSR count). The monoisotopic (exact) mass is 261 g/mol. The highest BCUT2D eigenvalue weighted by atomic mass is 16.7. The van der Waals surface area contributed by atoms with E-state index >= 15 is 0 Å². The Morgan fingerprint density at radius 1 is 1.42 bits per heavy atom. The van der Waals surface area contributed by atoms with E-state index < -0.39 is 0 Å². The minimum atomic E-state index is 0.267. The van der Waals surface area contributed by atoms with Crippen LogP contribution in [0.25, 0.3) is 11.3 Å². The molecule has 1 aromatic heterocycles. The summed E-state index contributed by atoms with van der Waals surface area (Å²) < 4.78 is 17.9. The lowest BCUT2D eigenvalue weighted by atomic mass is 10.0. The molecule has 1 aliphatic heterocycles. The summed E-state index contributed by atoms with van der Waals surface area (Å²) in [5.41, 5.74) is 8.40. The predicted molar refractivity (Wildman–Crippen MR) is 69.9 cm³/mol. The topological polar surface area (TPSA) is 71.5 Å². The maximum atomic E-state index is 5.84. The molecule has 2 heterocycles. The molecule has 0 saturated heterocycles. The molecule has 0 atom stereocenters. The number of nitrogen functional groups attached to an aromatic ring is 1. The number of nitrogens with two attached hydrogens (primary N) is 1. The van der Waals surface area contributed by atoms with Crippen LogP contribution in [0.3, 0.4) is 0 Å². The van der Waals surface area contributed by atoms with Crippen LogP contribution < -0.4 is 15.2 Å². The summed E-state index contributed by atoms with van der Waals surface area (Å²) in [5, 5.41) is 4.40. The second kappa shape index (κ2) is 4.47. The van der Waals surface area contributed by atoms with Gasteiger partial charge in [0.1, 0.15) is 17.3 Å². The highest BCUT2D eigenvalue weighted by Crippen LogP contribution is 2.40. The van der Waals surface area contributed by atoms with Gasteiger partial charge in [-0.15, -0.1) is 0 Å². The summed E-state index contributed by atoms with van der Waals surface area (Å²) in [6.07, 6.45) is 0. The highest BCUT2D eigenvalue weighted by molar-refractivity contribution is 5.75. The summed E-state index contributed by atoms with van der Waals surface area (Å²) in [7, 11) is 3.43. The lowest BCUT2D eigenvalue weighted by Crippen LogP contribution is -2.12. The molecule has 100 valence electrons. The average molecular weight is 261 g/mol. The van der Waals surface area contributed by atoms with Gasteiger partial charge in [-0.1, -0.05) is 0 Å². The third kappa shape index (κ3) is 1.90. The number of nitrogens with zero attached hydrogens (tertiary/aromatic N) is 2.